The molecule has 0 aliphatic carbocycles. The average molecular weight is 327 g/mol. The Balaban J connectivity index is 2.29. The van der Waals surface area contributed by atoms with Crippen molar-refractivity contribution in [2.45, 2.75) is 6.18 Å². The van der Waals surface area contributed by atoms with Crippen molar-refractivity contribution in [1.82, 2.24) is 0 Å². The molecule has 0 unspecified atom stereocenters. The molecule has 0 saturated carbocycles. The summed E-state index contributed by atoms with van der Waals surface area (Å²) >= 11 is 0. The molecule has 2 rings (SSSR count). The number of benzene rings is 2. The van der Waals surface area contributed by atoms with Crippen molar-refractivity contribution < 1.29 is 27.4 Å². The summed E-state index contributed by atoms with van der Waals surface area (Å²) < 4.78 is 53.3. The van der Waals surface area contributed by atoms with Crippen LogP contribution in [0.25, 0.3) is 0 Å². The zero-order valence-electron chi connectivity index (χ0n) is 12.8. The van der Waals surface area contributed by atoms with Crippen LogP contribution in [0.4, 0.5) is 24.5 Å². The van der Waals surface area contributed by atoms with E-state index in [1.165, 1.54) is 33.5 Å². The van der Waals surface area contributed by atoms with Gasteiger partial charge in [0.05, 0.1) is 26.9 Å². The maximum atomic E-state index is 12.6. The third-order valence-electron chi connectivity index (χ3n) is 3.17. The van der Waals surface area contributed by atoms with Crippen molar-refractivity contribution in [3.8, 4) is 17.2 Å². The van der Waals surface area contributed by atoms with Crippen molar-refractivity contribution in [3.05, 3.63) is 42.0 Å². The van der Waals surface area contributed by atoms with Gasteiger partial charge in [-0.2, -0.15) is 13.2 Å². The van der Waals surface area contributed by atoms with Crippen molar-refractivity contribution in [2.24, 2.45) is 0 Å². The molecular formula is C16H16F3NO3. The molecule has 2 aromatic rings. The fourth-order valence-corrected chi connectivity index (χ4v) is 2.06. The second-order valence-electron chi connectivity index (χ2n) is 4.61. The lowest BCUT2D eigenvalue weighted by atomic mass is 10.2. The molecule has 7 heteroatoms. The average Bonchev–Trinajstić information content (AvgIpc) is 2.53. The standard InChI is InChI=1S/C16H16F3NO3/c1-21-13-8-12(9-14(22-2)15(13)23-3)20-11-6-4-10(5-7-11)16(17,18)19/h4-9,20H,1-3H3. The van der Waals surface area contributed by atoms with E-state index in [4.69, 9.17) is 14.2 Å². The maximum Gasteiger partial charge on any atom is 0.416 e. The fraction of sp³-hybridized carbons (Fsp3) is 0.250. The normalized spacial score (nSPS) is 11.0. The highest BCUT2D eigenvalue weighted by molar-refractivity contribution is 5.68. The topological polar surface area (TPSA) is 39.7 Å². The SMILES string of the molecule is COc1cc(Nc2ccc(C(F)(F)F)cc2)cc(OC)c1OC. The van der Waals surface area contributed by atoms with Crippen LogP contribution in [0, 0.1) is 0 Å². The Hall–Kier alpha value is -2.57. The van der Waals surface area contributed by atoms with E-state index in [1.54, 1.807) is 12.1 Å². The minimum Gasteiger partial charge on any atom is -0.493 e. The molecule has 0 aromatic heterocycles. The molecule has 0 spiro atoms. The van der Waals surface area contributed by atoms with Gasteiger partial charge in [0.2, 0.25) is 5.75 Å². The smallest absolute Gasteiger partial charge is 0.416 e. The van der Waals surface area contributed by atoms with Gasteiger partial charge in [0.1, 0.15) is 0 Å². The number of ether oxygens (including phenoxy) is 3. The van der Waals surface area contributed by atoms with Gasteiger partial charge in [-0.3, -0.25) is 0 Å². The third kappa shape index (κ3) is 3.80. The van der Waals surface area contributed by atoms with Gasteiger partial charge in [0.15, 0.2) is 11.5 Å². The maximum absolute atomic E-state index is 12.6. The summed E-state index contributed by atoms with van der Waals surface area (Å²) in [5.74, 6) is 1.33. The third-order valence-corrected chi connectivity index (χ3v) is 3.17. The Morgan fingerprint density at radius 3 is 1.70 bits per heavy atom. The number of alkyl halides is 3. The summed E-state index contributed by atoms with van der Waals surface area (Å²) in [6, 6.07) is 8.07. The van der Waals surface area contributed by atoms with Crippen LogP contribution in [0.15, 0.2) is 36.4 Å². The summed E-state index contributed by atoms with van der Waals surface area (Å²) in [5, 5.41) is 3.00. The Morgan fingerprint density at radius 1 is 0.783 bits per heavy atom. The van der Waals surface area contributed by atoms with Crippen molar-refractivity contribution in [3.63, 3.8) is 0 Å². The molecule has 0 atom stereocenters. The van der Waals surface area contributed by atoms with Gasteiger partial charge in [-0.1, -0.05) is 0 Å². The first-order valence-electron chi connectivity index (χ1n) is 6.63. The van der Waals surface area contributed by atoms with Crippen LogP contribution in [-0.4, -0.2) is 21.3 Å². The van der Waals surface area contributed by atoms with E-state index < -0.39 is 11.7 Å². The van der Waals surface area contributed by atoms with Gasteiger partial charge in [0.25, 0.3) is 0 Å². The molecule has 0 amide bonds. The number of methoxy groups -OCH3 is 3. The number of rotatable bonds is 5. The predicted octanol–water partition coefficient (Wildman–Crippen LogP) is 4.47. The molecule has 4 nitrogen and oxygen atoms in total. The van der Waals surface area contributed by atoms with Crippen LogP contribution in [0.5, 0.6) is 17.2 Å². The largest absolute Gasteiger partial charge is 0.493 e. The molecule has 1 N–H and O–H groups in total. The van der Waals surface area contributed by atoms with Crippen LogP contribution in [0.2, 0.25) is 0 Å². The lowest BCUT2D eigenvalue weighted by Crippen LogP contribution is -2.04. The van der Waals surface area contributed by atoms with E-state index in [2.05, 4.69) is 5.32 Å². The van der Waals surface area contributed by atoms with Gasteiger partial charge in [-0.25, -0.2) is 0 Å². The fourth-order valence-electron chi connectivity index (χ4n) is 2.06. The first kappa shape index (κ1) is 16.8. The minimum absolute atomic E-state index is 0.438. The van der Waals surface area contributed by atoms with Crippen LogP contribution in [0.1, 0.15) is 5.56 Å². The molecule has 0 bridgehead atoms. The van der Waals surface area contributed by atoms with Crippen LogP contribution >= 0.6 is 0 Å². The minimum atomic E-state index is -4.36. The zero-order valence-corrected chi connectivity index (χ0v) is 12.8. The second kappa shape index (κ2) is 6.68. The van der Waals surface area contributed by atoms with Crippen LogP contribution in [0.3, 0.4) is 0 Å². The quantitative estimate of drug-likeness (QED) is 0.879. The van der Waals surface area contributed by atoms with Crippen molar-refractivity contribution >= 4 is 11.4 Å². The van der Waals surface area contributed by atoms with E-state index in [0.29, 0.717) is 28.6 Å². The molecular weight excluding hydrogens is 311 g/mol. The first-order chi connectivity index (χ1) is 10.9. The summed E-state index contributed by atoms with van der Waals surface area (Å²) in [5.41, 5.74) is 0.402. The molecule has 0 fully saturated rings. The summed E-state index contributed by atoms with van der Waals surface area (Å²) in [6.07, 6.45) is -4.36. The lowest BCUT2D eigenvalue weighted by molar-refractivity contribution is -0.137. The molecule has 0 heterocycles. The Kier molecular flexibility index (Phi) is 4.88. The molecule has 124 valence electrons. The van der Waals surface area contributed by atoms with Crippen molar-refractivity contribution in [1.29, 1.82) is 0 Å². The van der Waals surface area contributed by atoms with Gasteiger partial charge in [0, 0.05) is 23.5 Å². The van der Waals surface area contributed by atoms with Gasteiger partial charge >= 0.3 is 6.18 Å². The van der Waals surface area contributed by atoms with Gasteiger partial charge in [-0.05, 0) is 24.3 Å². The van der Waals surface area contributed by atoms with E-state index in [-0.39, 0.29) is 0 Å². The Bertz CT molecular complexity index is 644. The lowest BCUT2D eigenvalue weighted by Gasteiger charge is -2.15. The Labute approximate surface area is 131 Å². The molecule has 23 heavy (non-hydrogen) atoms. The molecule has 2 aromatic carbocycles. The highest BCUT2D eigenvalue weighted by Crippen LogP contribution is 2.40. The van der Waals surface area contributed by atoms with Crippen molar-refractivity contribution in [2.75, 3.05) is 26.6 Å². The number of hydrogen-bond acceptors (Lipinski definition) is 4. The monoisotopic (exact) mass is 327 g/mol. The van der Waals surface area contributed by atoms with E-state index in [9.17, 15) is 13.2 Å². The molecule has 0 aliphatic heterocycles. The van der Waals surface area contributed by atoms with Gasteiger partial charge < -0.3 is 19.5 Å². The Morgan fingerprint density at radius 2 is 1.30 bits per heavy atom. The van der Waals surface area contributed by atoms with Gasteiger partial charge in [-0.15, -0.1) is 0 Å². The van der Waals surface area contributed by atoms with E-state index >= 15 is 0 Å². The number of nitrogens with one attached hydrogen (secondary N) is 1. The number of anilines is 2. The van der Waals surface area contributed by atoms with Crippen LogP contribution in [-0.2, 0) is 6.18 Å². The number of hydrogen-bond donors (Lipinski definition) is 1. The highest BCUT2D eigenvalue weighted by Gasteiger charge is 2.29. The highest BCUT2D eigenvalue weighted by atomic mass is 19.4. The van der Waals surface area contributed by atoms with Crippen LogP contribution < -0.4 is 19.5 Å². The summed E-state index contributed by atoms with van der Waals surface area (Å²) in [7, 11) is 4.46. The first-order valence-corrected chi connectivity index (χ1v) is 6.63. The second-order valence-corrected chi connectivity index (χ2v) is 4.61. The summed E-state index contributed by atoms with van der Waals surface area (Å²) in [4.78, 5) is 0. The van der Waals surface area contributed by atoms with E-state index in [0.717, 1.165) is 12.1 Å². The molecule has 0 radical (unpaired) electrons. The predicted molar refractivity (Wildman–Crippen MR) is 80.8 cm³/mol. The molecule has 0 aliphatic rings. The number of halogens is 3. The summed E-state index contributed by atoms with van der Waals surface area (Å²) in [6.45, 7) is 0. The van der Waals surface area contributed by atoms with E-state index in [1.807, 2.05) is 0 Å². The molecule has 0 saturated heterocycles. The zero-order chi connectivity index (χ0) is 17.0.